The van der Waals surface area contributed by atoms with E-state index < -0.39 is 0 Å². The van der Waals surface area contributed by atoms with E-state index in [-0.39, 0.29) is 17.9 Å². The summed E-state index contributed by atoms with van der Waals surface area (Å²) in [6, 6.07) is 24.3. The van der Waals surface area contributed by atoms with E-state index >= 15 is 0 Å². The molecule has 1 heterocycles. The van der Waals surface area contributed by atoms with Gasteiger partial charge in [0, 0.05) is 17.5 Å². The number of allylic oxidation sites excluding steroid dienone is 2. The van der Waals surface area contributed by atoms with Crippen LogP contribution in [0.15, 0.2) is 84.9 Å². The summed E-state index contributed by atoms with van der Waals surface area (Å²) in [4.78, 5) is 13.1. The summed E-state index contributed by atoms with van der Waals surface area (Å²) in [6.07, 6.45) is 6.35. The number of hydrogen-bond donors (Lipinski definition) is 2. The van der Waals surface area contributed by atoms with Gasteiger partial charge in [0.2, 0.25) is 0 Å². The predicted molar refractivity (Wildman–Crippen MR) is 127 cm³/mol. The van der Waals surface area contributed by atoms with Crippen molar-refractivity contribution in [1.29, 1.82) is 0 Å². The number of rotatable bonds is 5. The van der Waals surface area contributed by atoms with Crippen LogP contribution >= 0.6 is 11.6 Å². The topological polar surface area (TPSA) is 41.1 Å². The smallest absolute Gasteiger partial charge is 0.253 e. The lowest BCUT2D eigenvalue weighted by Crippen LogP contribution is -2.32. The number of hydrogen-bond acceptors (Lipinski definition) is 2. The van der Waals surface area contributed by atoms with Crippen molar-refractivity contribution in [3.05, 3.63) is 112 Å². The predicted octanol–water partition coefficient (Wildman–Crippen LogP) is 6.14. The van der Waals surface area contributed by atoms with Gasteiger partial charge in [-0.05, 0) is 47.6 Å². The Bertz CT molecular complexity index is 1130. The monoisotopic (exact) mass is 428 g/mol. The molecular formula is C27H25ClN2O. The number of carbonyl (C=O) groups is 1. The molecule has 0 spiro atoms. The van der Waals surface area contributed by atoms with Crippen LogP contribution in [0.1, 0.15) is 45.4 Å². The first-order valence-corrected chi connectivity index (χ1v) is 11.2. The molecule has 0 fully saturated rings. The zero-order chi connectivity index (χ0) is 21.2. The standard InChI is InChI=1S/C27H25ClN2O/c28-24-15-5-4-10-22(24)25-20-12-6-11-19(20)21-13-7-14-23(26(21)30-25)27(31)29-17-16-18-8-2-1-3-9-18/h1-11,13-15,19-20,25,30H,12,16-17H2,(H,29,31). The van der Waals surface area contributed by atoms with Gasteiger partial charge >= 0.3 is 0 Å². The van der Waals surface area contributed by atoms with E-state index in [1.807, 2.05) is 48.5 Å². The lowest BCUT2D eigenvalue weighted by Gasteiger charge is -2.38. The van der Waals surface area contributed by atoms with Gasteiger partial charge < -0.3 is 10.6 Å². The van der Waals surface area contributed by atoms with Crippen LogP contribution in [0.4, 0.5) is 5.69 Å². The maximum atomic E-state index is 13.1. The molecule has 0 bridgehead atoms. The molecular weight excluding hydrogens is 404 g/mol. The third-order valence-electron chi connectivity index (χ3n) is 6.42. The minimum atomic E-state index is -0.0429. The minimum absolute atomic E-state index is 0.0429. The van der Waals surface area contributed by atoms with Gasteiger partial charge in [0.25, 0.3) is 5.91 Å². The zero-order valence-corrected chi connectivity index (χ0v) is 18.0. The number of carbonyl (C=O) groups excluding carboxylic acids is 1. The van der Waals surface area contributed by atoms with Crippen LogP contribution in [0, 0.1) is 5.92 Å². The molecule has 0 aromatic heterocycles. The van der Waals surface area contributed by atoms with Crippen LogP contribution in [0.2, 0.25) is 5.02 Å². The Morgan fingerprint density at radius 2 is 1.74 bits per heavy atom. The van der Waals surface area contributed by atoms with Crippen molar-refractivity contribution in [2.24, 2.45) is 5.92 Å². The van der Waals surface area contributed by atoms with E-state index in [4.69, 9.17) is 11.6 Å². The summed E-state index contributed by atoms with van der Waals surface area (Å²) in [6.45, 7) is 0.604. The quantitative estimate of drug-likeness (QED) is 0.479. The molecule has 3 atom stereocenters. The Hall–Kier alpha value is -3.04. The minimum Gasteiger partial charge on any atom is -0.377 e. The van der Waals surface area contributed by atoms with Gasteiger partial charge in [0.1, 0.15) is 0 Å². The van der Waals surface area contributed by atoms with Crippen molar-refractivity contribution < 1.29 is 4.79 Å². The van der Waals surface area contributed by atoms with Crippen molar-refractivity contribution in [1.82, 2.24) is 5.32 Å². The largest absolute Gasteiger partial charge is 0.377 e. The number of benzene rings is 3. The van der Waals surface area contributed by atoms with Crippen molar-refractivity contribution in [2.45, 2.75) is 24.8 Å². The highest BCUT2D eigenvalue weighted by molar-refractivity contribution is 6.31. The summed E-state index contributed by atoms with van der Waals surface area (Å²) < 4.78 is 0. The van der Waals surface area contributed by atoms with E-state index in [1.165, 1.54) is 11.1 Å². The molecule has 5 rings (SSSR count). The normalized spacial score (nSPS) is 21.1. The van der Waals surface area contributed by atoms with Crippen molar-refractivity contribution in [3.63, 3.8) is 0 Å². The van der Waals surface area contributed by atoms with Crippen LogP contribution in [-0.4, -0.2) is 12.5 Å². The van der Waals surface area contributed by atoms with Gasteiger partial charge in [-0.15, -0.1) is 0 Å². The molecule has 1 aliphatic heterocycles. The molecule has 3 aromatic rings. The van der Waals surface area contributed by atoms with E-state index in [0.717, 1.165) is 29.1 Å². The fourth-order valence-electron chi connectivity index (χ4n) is 4.91. The van der Waals surface area contributed by atoms with Crippen LogP contribution in [-0.2, 0) is 6.42 Å². The van der Waals surface area contributed by atoms with Gasteiger partial charge in [-0.3, -0.25) is 4.79 Å². The highest BCUT2D eigenvalue weighted by Crippen LogP contribution is 2.51. The van der Waals surface area contributed by atoms with Crippen LogP contribution in [0.25, 0.3) is 0 Å². The summed E-state index contributed by atoms with van der Waals surface area (Å²) in [7, 11) is 0. The molecule has 2 aliphatic rings. The third-order valence-corrected chi connectivity index (χ3v) is 6.77. The summed E-state index contributed by atoms with van der Waals surface area (Å²) in [5, 5.41) is 7.56. The van der Waals surface area contributed by atoms with E-state index in [2.05, 4.69) is 47.1 Å². The first-order chi connectivity index (χ1) is 15.2. The van der Waals surface area contributed by atoms with Gasteiger partial charge in [0.15, 0.2) is 0 Å². The second kappa shape index (κ2) is 8.60. The number of para-hydroxylation sites is 1. The van der Waals surface area contributed by atoms with E-state index in [0.29, 0.717) is 18.0 Å². The van der Waals surface area contributed by atoms with Gasteiger partial charge in [-0.1, -0.05) is 84.4 Å². The maximum Gasteiger partial charge on any atom is 0.253 e. The highest BCUT2D eigenvalue weighted by atomic mass is 35.5. The summed E-state index contributed by atoms with van der Waals surface area (Å²) >= 11 is 6.56. The fraction of sp³-hybridized carbons (Fsp3) is 0.222. The van der Waals surface area contributed by atoms with Crippen LogP contribution in [0.3, 0.4) is 0 Å². The number of anilines is 1. The Kier molecular flexibility index (Phi) is 5.52. The number of amides is 1. The van der Waals surface area contributed by atoms with Crippen LogP contribution in [0.5, 0.6) is 0 Å². The molecule has 4 heteroatoms. The molecule has 1 aliphatic carbocycles. The second-order valence-electron chi connectivity index (χ2n) is 8.26. The average molecular weight is 429 g/mol. The molecule has 0 saturated carbocycles. The second-order valence-corrected chi connectivity index (χ2v) is 8.67. The fourth-order valence-corrected chi connectivity index (χ4v) is 5.16. The number of nitrogens with one attached hydrogen (secondary N) is 2. The maximum absolute atomic E-state index is 13.1. The van der Waals surface area contributed by atoms with Crippen molar-refractivity contribution in [2.75, 3.05) is 11.9 Å². The van der Waals surface area contributed by atoms with Crippen molar-refractivity contribution in [3.8, 4) is 0 Å². The van der Waals surface area contributed by atoms with Crippen LogP contribution < -0.4 is 10.6 Å². The third kappa shape index (κ3) is 3.86. The molecule has 2 N–H and O–H groups in total. The molecule has 3 nitrogen and oxygen atoms in total. The Morgan fingerprint density at radius 3 is 2.58 bits per heavy atom. The number of fused-ring (bicyclic) bond motifs is 3. The molecule has 0 saturated heterocycles. The summed E-state index contributed by atoms with van der Waals surface area (Å²) in [5.41, 5.74) is 5.12. The number of halogens is 1. The molecule has 1 amide bonds. The highest BCUT2D eigenvalue weighted by Gasteiger charge is 2.39. The van der Waals surface area contributed by atoms with Gasteiger partial charge in [-0.2, -0.15) is 0 Å². The Morgan fingerprint density at radius 1 is 0.968 bits per heavy atom. The molecule has 31 heavy (non-hydrogen) atoms. The SMILES string of the molecule is O=C(NCCc1ccccc1)c1cccc2c1NC(c1ccccc1Cl)C1CC=CC21. The van der Waals surface area contributed by atoms with Gasteiger partial charge in [-0.25, -0.2) is 0 Å². The molecule has 0 radical (unpaired) electrons. The summed E-state index contributed by atoms with van der Waals surface area (Å²) in [5.74, 6) is 0.636. The lowest BCUT2D eigenvalue weighted by molar-refractivity contribution is 0.0954. The van der Waals surface area contributed by atoms with Gasteiger partial charge in [0.05, 0.1) is 17.3 Å². The molecule has 3 unspecified atom stereocenters. The first kappa shape index (κ1) is 19.9. The van der Waals surface area contributed by atoms with E-state index in [1.54, 1.807) is 0 Å². The lowest BCUT2D eigenvalue weighted by atomic mass is 9.76. The Balaban J connectivity index is 1.42. The average Bonchev–Trinajstić information content (AvgIpc) is 3.30. The molecule has 3 aromatic carbocycles. The Labute approximate surface area is 188 Å². The van der Waals surface area contributed by atoms with Crippen molar-refractivity contribution >= 4 is 23.2 Å². The van der Waals surface area contributed by atoms with E-state index in [9.17, 15) is 4.79 Å². The molecule has 156 valence electrons. The zero-order valence-electron chi connectivity index (χ0n) is 17.2. The first-order valence-electron chi connectivity index (χ1n) is 10.8.